The number of ether oxygens (including phenoxy) is 1. The highest BCUT2D eigenvalue weighted by atomic mass is 16.6. The lowest BCUT2D eigenvalue weighted by atomic mass is 10.0. The van der Waals surface area contributed by atoms with Crippen molar-refractivity contribution in [2.24, 2.45) is 5.92 Å². The van der Waals surface area contributed by atoms with E-state index in [0.29, 0.717) is 6.61 Å². The molecule has 1 saturated heterocycles. The molecule has 0 aromatic heterocycles. The maximum absolute atomic E-state index is 12.4. The van der Waals surface area contributed by atoms with Gasteiger partial charge in [-0.1, -0.05) is 51.5 Å². The molecule has 0 aliphatic carbocycles. The maximum Gasteiger partial charge on any atom is 0.416 e. The third-order valence-corrected chi connectivity index (χ3v) is 3.86. The van der Waals surface area contributed by atoms with Crippen molar-refractivity contribution in [3.63, 3.8) is 0 Å². The minimum absolute atomic E-state index is 0.149. The monoisotopic (exact) mass is 289 g/mol. The molecule has 1 atom stereocenters. The third kappa shape index (κ3) is 3.63. The molecule has 4 nitrogen and oxygen atoms in total. The Kier molecular flexibility index (Phi) is 4.99. The van der Waals surface area contributed by atoms with Gasteiger partial charge in [-0.3, -0.25) is 4.79 Å². The minimum atomic E-state index is -0.513. The Hall–Kier alpha value is -1.84. The maximum atomic E-state index is 12.4. The summed E-state index contributed by atoms with van der Waals surface area (Å²) in [7, 11) is 0. The molecular weight excluding hydrogens is 266 g/mol. The van der Waals surface area contributed by atoms with Crippen molar-refractivity contribution < 1.29 is 14.3 Å². The van der Waals surface area contributed by atoms with Crippen molar-refractivity contribution in [3.8, 4) is 0 Å². The van der Waals surface area contributed by atoms with E-state index in [1.54, 1.807) is 0 Å². The van der Waals surface area contributed by atoms with Gasteiger partial charge in [0, 0.05) is 0 Å². The smallest absolute Gasteiger partial charge is 0.416 e. The number of nitrogens with zero attached hydrogens (tertiary/aromatic N) is 1. The summed E-state index contributed by atoms with van der Waals surface area (Å²) in [4.78, 5) is 25.4. The second-order valence-electron chi connectivity index (χ2n) is 5.90. The topological polar surface area (TPSA) is 46.6 Å². The first-order valence-corrected chi connectivity index (χ1v) is 7.59. The second-order valence-corrected chi connectivity index (χ2v) is 5.90. The first kappa shape index (κ1) is 15.5. The number of cyclic esters (lactones) is 1. The molecule has 0 N–H and O–H groups in total. The molecule has 1 aliphatic heterocycles. The molecule has 0 radical (unpaired) electrons. The van der Waals surface area contributed by atoms with Crippen LogP contribution < -0.4 is 0 Å². The van der Waals surface area contributed by atoms with E-state index in [9.17, 15) is 9.59 Å². The number of carbonyl (C=O) groups is 2. The number of benzene rings is 1. The van der Waals surface area contributed by atoms with Crippen LogP contribution in [0.4, 0.5) is 4.79 Å². The zero-order valence-corrected chi connectivity index (χ0v) is 13.0. The van der Waals surface area contributed by atoms with Crippen LogP contribution in [0.2, 0.25) is 0 Å². The predicted octanol–water partition coefficient (Wildman–Crippen LogP) is 3.19. The molecule has 21 heavy (non-hydrogen) atoms. The summed E-state index contributed by atoms with van der Waals surface area (Å²) in [6.07, 6.45) is 1.88. The molecule has 4 heteroatoms. The number of carbonyl (C=O) groups excluding carboxylic acids is 2. The standard InChI is InChI=1S/C17H23NO3/c1-4-5-13-6-8-14(9-7-13)10-16(19)18-15(12(2)3)11-21-17(18)20/h6-9,12,15H,4-5,10-11H2,1-3H3/t15-/m1/s1. The van der Waals surface area contributed by atoms with Gasteiger partial charge in [-0.2, -0.15) is 0 Å². The van der Waals surface area contributed by atoms with Gasteiger partial charge in [0.15, 0.2) is 0 Å². The molecule has 0 unspecified atom stereocenters. The quantitative estimate of drug-likeness (QED) is 0.836. The summed E-state index contributed by atoms with van der Waals surface area (Å²) in [6, 6.07) is 7.89. The molecule has 0 bridgehead atoms. The van der Waals surface area contributed by atoms with E-state index < -0.39 is 6.09 Å². The summed E-state index contributed by atoms with van der Waals surface area (Å²) in [6.45, 7) is 6.43. The predicted molar refractivity (Wildman–Crippen MR) is 81.0 cm³/mol. The summed E-state index contributed by atoms with van der Waals surface area (Å²) in [5, 5.41) is 0. The lowest BCUT2D eigenvalue weighted by Crippen LogP contribution is -2.42. The summed E-state index contributed by atoms with van der Waals surface area (Å²) in [5.41, 5.74) is 2.20. The highest BCUT2D eigenvalue weighted by Gasteiger charge is 2.39. The zero-order chi connectivity index (χ0) is 15.4. The molecule has 0 saturated carbocycles. The van der Waals surface area contributed by atoms with Gasteiger partial charge in [-0.25, -0.2) is 9.69 Å². The van der Waals surface area contributed by atoms with Crippen LogP contribution in [0.25, 0.3) is 0 Å². The molecule has 2 amide bonds. The van der Waals surface area contributed by atoms with Gasteiger partial charge in [0.1, 0.15) is 6.61 Å². The second kappa shape index (κ2) is 6.74. The van der Waals surface area contributed by atoms with Crippen LogP contribution in [-0.2, 0) is 22.4 Å². The molecule has 1 heterocycles. The van der Waals surface area contributed by atoms with Crippen molar-refractivity contribution in [3.05, 3.63) is 35.4 Å². The Morgan fingerprint density at radius 1 is 1.29 bits per heavy atom. The van der Waals surface area contributed by atoms with Crippen LogP contribution in [0.15, 0.2) is 24.3 Å². The fourth-order valence-electron chi connectivity index (χ4n) is 2.59. The Bertz CT molecular complexity index is 507. The van der Waals surface area contributed by atoms with Gasteiger partial charge in [0.25, 0.3) is 0 Å². The summed E-state index contributed by atoms with van der Waals surface area (Å²) in [5.74, 6) is 0.0202. The lowest BCUT2D eigenvalue weighted by Gasteiger charge is -2.22. The number of imide groups is 1. The lowest BCUT2D eigenvalue weighted by molar-refractivity contribution is -0.129. The average Bonchev–Trinajstić information content (AvgIpc) is 2.83. The molecule has 2 rings (SSSR count). The normalized spacial score (nSPS) is 18.2. The Balaban J connectivity index is 2.04. The van der Waals surface area contributed by atoms with Crippen molar-refractivity contribution in [2.75, 3.05) is 6.61 Å². The average molecular weight is 289 g/mol. The number of hydrogen-bond donors (Lipinski definition) is 0. The van der Waals surface area contributed by atoms with Crippen molar-refractivity contribution in [1.82, 2.24) is 4.90 Å². The van der Waals surface area contributed by atoms with Gasteiger partial charge in [0.2, 0.25) is 5.91 Å². The van der Waals surface area contributed by atoms with Gasteiger partial charge in [0.05, 0.1) is 12.5 Å². The Labute approximate surface area is 126 Å². The first-order chi connectivity index (χ1) is 10.0. The third-order valence-electron chi connectivity index (χ3n) is 3.86. The number of rotatable bonds is 5. The van der Waals surface area contributed by atoms with E-state index in [4.69, 9.17) is 4.74 Å². The molecule has 1 aromatic rings. The number of aryl methyl sites for hydroxylation is 1. The molecule has 1 fully saturated rings. The number of hydrogen-bond acceptors (Lipinski definition) is 3. The fraction of sp³-hybridized carbons (Fsp3) is 0.529. The fourth-order valence-corrected chi connectivity index (χ4v) is 2.59. The highest BCUT2D eigenvalue weighted by Crippen LogP contribution is 2.21. The van der Waals surface area contributed by atoms with E-state index in [2.05, 4.69) is 6.92 Å². The molecule has 114 valence electrons. The highest BCUT2D eigenvalue weighted by molar-refractivity contribution is 5.94. The minimum Gasteiger partial charge on any atom is -0.447 e. The van der Waals surface area contributed by atoms with Crippen molar-refractivity contribution >= 4 is 12.0 Å². The van der Waals surface area contributed by atoms with E-state index >= 15 is 0 Å². The van der Waals surface area contributed by atoms with Crippen LogP contribution >= 0.6 is 0 Å². The molecular formula is C17H23NO3. The van der Waals surface area contributed by atoms with Crippen molar-refractivity contribution in [2.45, 2.75) is 46.1 Å². The van der Waals surface area contributed by atoms with E-state index in [-0.39, 0.29) is 24.3 Å². The van der Waals surface area contributed by atoms with Gasteiger partial charge in [-0.15, -0.1) is 0 Å². The van der Waals surface area contributed by atoms with Gasteiger partial charge < -0.3 is 4.74 Å². The van der Waals surface area contributed by atoms with Crippen LogP contribution in [0.1, 0.15) is 38.3 Å². The van der Waals surface area contributed by atoms with Crippen LogP contribution in [0, 0.1) is 5.92 Å². The van der Waals surface area contributed by atoms with Gasteiger partial charge >= 0.3 is 6.09 Å². The molecule has 0 spiro atoms. The zero-order valence-electron chi connectivity index (χ0n) is 13.0. The summed E-state index contributed by atoms with van der Waals surface area (Å²) >= 11 is 0. The largest absolute Gasteiger partial charge is 0.447 e. The van der Waals surface area contributed by atoms with Crippen molar-refractivity contribution in [1.29, 1.82) is 0 Å². The van der Waals surface area contributed by atoms with Crippen LogP contribution in [0.5, 0.6) is 0 Å². The Morgan fingerprint density at radius 2 is 1.90 bits per heavy atom. The molecule has 1 aromatic carbocycles. The Morgan fingerprint density at radius 3 is 2.48 bits per heavy atom. The van der Waals surface area contributed by atoms with Crippen LogP contribution in [-0.4, -0.2) is 29.5 Å². The van der Waals surface area contributed by atoms with Gasteiger partial charge in [-0.05, 0) is 23.5 Å². The van der Waals surface area contributed by atoms with E-state index in [1.165, 1.54) is 10.5 Å². The summed E-state index contributed by atoms with van der Waals surface area (Å²) < 4.78 is 5.02. The first-order valence-electron chi connectivity index (χ1n) is 7.59. The van der Waals surface area contributed by atoms with E-state index in [0.717, 1.165) is 18.4 Å². The number of amides is 2. The van der Waals surface area contributed by atoms with Crippen LogP contribution in [0.3, 0.4) is 0 Å². The molecule has 1 aliphatic rings. The SMILES string of the molecule is CCCc1ccc(CC(=O)N2C(=O)OC[C@@H]2C(C)C)cc1. The van der Waals surface area contributed by atoms with E-state index in [1.807, 2.05) is 38.1 Å².